The van der Waals surface area contributed by atoms with Crippen molar-refractivity contribution in [3.05, 3.63) is 18.2 Å². The predicted molar refractivity (Wildman–Crippen MR) is 166 cm³/mol. The van der Waals surface area contributed by atoms with E-state index in [1.54, 1.807) is 26.2 Å². The van der Waals surface area contributed by atoms with E-state index in [-0.39, 0.29) is 18.6 Å². The normalized spacial score (nSPS) is 18.0. The monoisotopic (exact) mass is 609 g/mol. The molecule has 0 bridgehead atoms. The molecule has 0 aromatic carbocycles. The molecular weight excluding hydrogens is 566 g/mol. The second kappa shape index (κ2) is 13.4. The summed E-state index contributed by atoms with van der Waals surface area (Å²) in [6.45, 7) is 7.43. The van der Waals surface area contributed by atoms with Crippen LogP contribution >= 0.6 is 0 Å². The van der Waals surface area contributed by atoms with Gasteiger partial charge in [0.05, 0.1) is 44.4 Å². The van der Waals surface area contributed by atoms with Crippen molar-refractivity contribution in [1.82, 2.24) is 34.4 Å². The molecule has 0 atom stereocenters. The summed E-state index contributed by atoms with van der Waals surface area (Å²) in [5.41, 5.74) is 2.44. The number of hydrogen-bond donors (Lipinski definition) is 0. The van der Waals surface area contributed by atoms with Crippen molar-refractivity contribution in [2.45, 2.75) is 32.0 Å². The van der Waals surface area contributed by atoms with E-state index in [4.69, 9.17) is 34.1 Å². The fourth-order valence-electron chi connectivity index (χ4n) is 6.00. The molecular formula is C29H43N11O4. The first-order chi connectivity index (χ1) is 21.5. The highest BCUT2D eigenvalue weighted by Gasteiger charge is 2.31. The van der Waals surface area contributed by atoms with Gasteiger partial charge in [-0.1, -0.05) is 0 Å². The summed E-state index contributed by atoms with van der Waals surface area (Å²) in [4.78, 5) is 48.2. The molecule has 0 saturated carbocycles. The lowest BCUT2D eigenvalue weighted by atomic mass is 10.1. The second-order valence-electron chi connectivity index (χ2n) is 11.5. The number of hydrogen-bond acceptors (Lipinski definition) is 13. The minimum atomic E-state index is 0.0457. The zero-order valence-corrected chi connectivity index (χ0v) is 26.2. The van der Waals surface area contributed by atoms with Crippen molar-refractivity contribution in [3.63, 3.8) is 0 Å². The van der Waals surface area contributed by atoms with E-state index in [0.717, 1.165) is 50.5 Å². The van der Waals surface area contributed by atoms with Gasteiger partial charge in [-0.2, -0.15) is 9.97 Å². The Balaban J connectivity index is 1.51. The number of carbonyl (C=O) groups excluding carboxylic acids is 1. The molecule has 1 amide bonds. The molecule has 3 aromatic rings. The van der Waals surface area contributed by atoms with Gasteiger partial charge in [-0.25, -0.2) is 15.0 Å². The van der Waals surface area contributed by atoms with E-state index in [1.807, 2.05) is 24.5 Å². The summed E-state index contributed by atoms with van der Waals surface area (Å²) in [6.07, 6.45) is 5.76. The molecule has 6 rings (SSSR count). The smallest absolute Gasteiger partial charge is 0.241 e. The Morgan fingerprint density at radius 1 is 0.818 bits per heavy atom. The SMILES string of the molecule is COCCN(CCOC)c1nc(N2CCC(OC)CC2)c2nc(N3CCn4cncc4C3)nc(N3CCN(C)C(=O)C3)c2n1. The maximum absolute atomic E-state index is 12.9. The van der Waals surface area contributed by atoms with Gasteiger partial charge in [0.2, 0.25) is 17.8 Å². The van der Waals surface area contributed by atoms with Gasteiger partial charge >= 0.3 is 0 Å². The number of piperazine rings is 1. The van der Waals surface area contributed by atoms with Crippen LogP contribution in [0, 0.1) is 0 Å². The van der Waals surface area contributed by atoms with Crippen LogP contribution in [-0.4, -0.2) is 140 Å². The third kappa shape index (κ3) is 6.21. The van der Waals surface area contributed by atoms with Crippen LogP contribution in [0.25, 0.3) is 11.0 Å². The Hall–Kier alpha value is -3.82. The molecule has 2 fully saturated rings. The molecule has 3 aromatic heterocycles. The minimum Gasteiger partial charge on any atom is -0.383 e. The van der Waals surface area contributed by atoms with Crippen LogP contribution in [0.5, 0.6) is 0 Å². The van der Waals surface area contributed by atoms with E-state index >= 15 is 0 Å². The Kier molecular flexibility index (Phi) is 9.23. The third-order valence-corrected chi connectivity index (χ3v) is 8.77. The maximum Gasteiger partial charge on any atom is 0.241 e. The van der Waals surface area contributed by atoms with Crippen molar-refractivity contribution in [2.75, 3.05) is 114 Å². The summed E-state index contributed by atoms with van der Waals surface area (Å²) in [6, 6.07) is 0. The molecule has 0 unspecified atom stereocenters. The fourth-order valence-corrected chi connectivity index (χ4v) is 6.00. The van der Waals surface area contributed by atoms with Gasteiger partial charge in [-0.3, -0.25) is 4.79 Å². The fraction of sp³-hybridized carbons (Fsp3) is 0.655. The average molecular weight is 610 g/mol. The molecule has 3 aliphatic rings. The van der Waals surface area contributed by atoms with Crippen LogP contribution in [-0.2, 0) is 32.1 Å². The first-order valence-corrected chi connectivity index (χ1v) is 15.3. The molecule has 238 valence electrons. The number of nitrogens with zero attached hydrogens (tertiary/aromatic N) is 11. The highest BCUT2D eigenvalue weighted by molar-refractivity contribution is 5.96. The van der Waals surface area contributed by atoms with Gasteiger partial charge < -0.3 is 43.3 Å². The maximum atomic E-state index is 12.9. The Morgan fingerprint density at radius 2 is 1.52 bits per heavy atom. The van der Waals surface area contributed by atoms with Gasteiger partial charge in [0, 0.05) is 86.9 Å². The van der Waals surface area contributed by atoms with Crippen LogP contribution in [0.15, 0.2) is 12.5 Å². The average Bonchev–Trinajstić information content (AvgIpc) is 3.53. The number of rotatable bonds is 11. The molecule has 0 spiro atoms. The van der Waals surface area contributed by atoms with Crippen LogP contribution in [0.4, 0.5) is 23.5 Å². The molecule has 0 N–H and O–H groups in total. The van der Waals surface area contributed by atoms with Crippen molar-refractivity contribution in [3.8, 4) is 0 Å². The number of anilines is 4. The number of fused-ring (bicyclic) bond motifs is 2. The van der Waals surface area contributed by atoms with Crippen LogP contribution < -0.4 is 19.6 Å². The van der Waals surface area contributed by atoms with Crippen LogP contribution in [0.1, 0.15) is 18.5 Å². The molecule has 6 heterocycles. The lowest BCUT2D eigenvalue weighted by Gasteiger charge is -2.36. The number of piperidine rings is 1. The largest absolute Gasteiger partial charge is 0.383 e. The quantitative estimate of drug-likeness (QED) is 0.302. The zero-order chi connectivity index (χ0) is 30.6. The molecule has 3 aliphatic heterocycles. The van der Waals surface area contributed by atoms with E-state index < -0.39 is 0 Å². The third-order valence-electron chi connectivity index (χ3n) is 8.77. The van der Waals surface area contributed by atoms with Crippen LogP contribution in [0.3, 0.4) is 0 Å². The van der Waals surface area contributed by atoms with Gasteiger partial charge in [-0.15, -0.1) is 0 Å². The van der Waals surface area contributed by atoms with Gasteiger partial charge in [0.1, 0.15) is 11.0 Å². The van der Waals surface area contributed by atoms with Gasteiger partial charge in [0.15, 0.2) is 11.6 Å². The van der Waals surface area contributed by atoms with Gasteiger partial charge in [0.25, 0.3) is 0 Å². The van der Waals surface area contributed by atoms with E-state index in [0.29, 0.717) is 74.7 Å². The first-order valence-electron chi connectivity index (χ1n) is 15.3. The summed E-state index contributed by atoms with van der Waals surface area (Å²) in [5.74, 6) is 2.64. The number of carbonyl (C=O) groups is 1. The van der Waals surface area contributed by atoms with E-state index in [9.17, 15) is 4.79 Å². The Labute approximate surface area is 257 Å². The minimum absolute atomic E-state index is 0.0457. The van der Waals surface area contributed by atoms with E-state index in [2.05, 4.69) is 24.3 Å². The van der Waals surface area contributed by atoms with Crippen molar-refractivity contribution in [1.29, 1.82) is 0 Å². The number of methoxy groups -OCH3 is 3. The lowest BCUT2D eigenvalue weighted by molar-refractivity contribution is -0.129. The Bertz CT molecular complexity index is 1440. The number of ether oxygens (including phenoxy) is 3. The Morgan fingerprint density at radius 3 is 2.23 bits per heavy atom. The number of likely N-dealkylation sites (N-methyl/N-ethyl adjacent to an activating group) is 1. The lowest BCUT2D eigenvalue weighted by Crippen LogP contribution is -2.49. The highest BCUT2D eigenvalue weighted by Crippen LogP contribution is 2.35. The summed E-state index contributed by atoms with van der Waals surface area (Å²) in [5, 5.41) is 0. The second-order valence-corrected chi connectivity index (χ2v) is 11.5. The molecule has 0 aliphatic carbocycles. The van der Waals surface area contributed by atoms with Crippen molar-refractivity contribution < 1.29 is 19.0 Å². The molecule has 15 heteroatoms. The van der Waals surface area contributed by atoms with E-state index in [1.165, 1.54) is 0 Å². The van der Waals surface area contributed by atoms with Gasteiger partial charge in [-0.05, 0) is 12.8 Å². The number of amides is 1. The summed E-state index contributed by atoms with van der Waals surface area (Å²) < 4.78 is 18.7. The number of aromatic nitrogens is 6. The predicted octanol–water partition coefficient (Wildman–Crippen LogP) is 0.629. The standard InChI is InChI=1S/C29H43N11O4/c1-35-9-10-38(19-23(35)41)27-25-24(32-29(34-27)39-11-12-40-20-30-17-21(40)18-39)26(36-7-5-22(44-4)6-8-36)33-28(31-25)37(13-15-42-2)14-16-43-3/h17,20,22H,5-16,18-19H2,1-4H3. The topological polar surface area (TPSA) is 130 Å². The van der Waals surface area contributed by atoms with Crippen LogP contribution in [0.2, 0.25) is 0 Å². The molecule has 44 heavy (non-hydrogen) atoms. The molecule has 0 radical (unpaired) electrons. The summed E-state index contributed by atoms with van der Waals surface area (Å²) >= 11 is 0. The highest BCUT2D eigenvalue weighted by atomic mass is 16.5. The first kappa shape index (κ1) is 30.2. The van der Waals surface area contributed by atoms with Crippen molar-refractivity contribution in [2.24, 2.45) is 0 Å². The molecule has 2 saturated heterocycles. The molecule has 15 nitrogen and oxygen atoms in total. The zero-order valence-electron chi connectivity index (χ0n) is 26.2. The summed E-state index contributed by atoms with van der Waals surface area (Å²) in [7, 11) is 6.99. The number of imidazole rings is 1. The van der Waals surface area contributed by atoms with Crippen molar-refractivity contribution >= 4 is 40.5 Å².